The largest absolute Gasteiger partial charge is 0.473 e. The maximum Gasteiger partial charge on any atom is 0.161 e. The van der Waals surface area contributed by atoms with Crippen molar-refractivity contribution in [3.8, 4) is 0 Å². The fourth-order valence-electron chi connectivity index (χ4n) is 5.64. The van der Waals surface area contributed by atoms with Crippen LogP contribution in [0.3, 0.4) is 0 Å². The lowest BCUT2D eigenvalue weighted by molar-refractivity contribution is -0.161. The fourth-order valence-corrected chi connectivity index (χ4v) is 5.64. The summed E-state index contributed by atoms with van der Waals surface area (Å²) in [5.41, 5.74) is 4.76. The van der Waals surface area contributed by atoms with E-state index in [-0.39, 0.29) is 17.9 Å². The molecule has 2 unspecified atom stereocenters. The van der Waals surface area contributed by atoms with Crippen LogP contribution in [0.5, 0.6) is 0 Å². The van der Waals surface area contributed by atoms with Crippen LogP contribution < -0.4 is 0 Å². The van der Waals surface area contributed by atoms with Gasteiger partial charge in [0.1, 0.15) is 11.9 Å². The standard InChI is InChI=1S/C29H44N2O5/c1-7-13-31(20(5)15-22-16-26(32)29(33)21(6)36-22)17-35-27-10-8-9-25(30-34)28(27)24-14-19(4)11-12-23(24)18(2)3/h10,14,21-24,26,29,32-33H,2,5,7-9,11-13,15-17H2,1,3-4,6H3/t21?,22?,23-,24+,26+,29+/m0/s1. The zero-order valence-electron chi connectivity index (χ0n) is 22.4. The second kappa shape index (κ2) is 12.8. The molecule has 1 aliphatic heterocycles. The Morgan fingerprint density at radius 3 is 2.69 bits per heavy atom. The highest BCUT2D eigenvalue weighted by Crippen LogP contribution is 2.43. The van der Waals surface area contributed by atoms with Crippen molar-refractivity contribution in [1.82, 2.24) is 4.90 Å². The molecule has 1 heterocycles. The Kier molecular flexibility index (Phi) is 10.1. The van der Waals surface area contributed by atoms with Gasteiger partial charge in [0.15, 0.2) is 6.73 Å². The van der Waals surface area contributed by atoms with Crippen molar-refractivity contribution in [3.05, 3.63) is 64.1 Å². The topological polar surface area (TPSA) is 91.6 Å². The Bertz CT molecular complexity index is 909. The molecule has 1 fully saturated rings. The summed E-state index contributed by atoms with van der Waals surface area (Å²) in [7, 11) is 0. The molecule has 0 amide bonds. The average molecular weight is 501 g/mol. The van der Waals surface area contributed by atoms with Gasteiger partial charge in [-0.05, 0) is 70.0 Å². The van der Waals surface area contributed by atoms with Gasteiger partial charge in [-0.15, -0.1) is 4.91 Å². The number of nitrogens with zero attached hydrogens (tertiary/aromatic N) is 2. The van der Waals surface area contributed by atoms with E-state index in [1.807, 2.05) is 0 Å². The minimum absolute atomic E-state index is 0.0309. The molecule has 0 aromatic heterocycles. The predicted octanol–water partition coefficient (Wildman–Crippen LogP) is 5.72. The molecule has 0 aromatic carbocycles. The molecular formula is C29H44N2O5. The van der Waals surface area contributed by atoms with Crippen LogP contribution in [-0.2, 0) is 9.47 Å². The molecule has 6 atom stereocenters. The van der Waals surface area contributed by atoms with E-state index in [9.17, 15) is 15.1 Å². The summed E-state index contributed by atoms with van der Waals surface area (Å²) in [5, 5.41) is 23.6. The Morgan fingerprint density at radius 1 is 1.31 bits per heavy atom. The lowest BCUT2D eigenvalue weighted by Gasteiger charge is -2.38. The van der Waals surface area contributed by atoms with Gasteiger partial charge in [-0.3, -0.25) is 0 Å². The lowest BCUT2D eigenvalue weighted by atomic mass is 9.72. The zero-order valence-corrected chi connectivity index (χ0v) is 22.4. The first kappa shape index (κ1) is 28.4. The number of allylic oxidation sites excluding steroid dienone is 6. The smallest absolute Gasteiger partial charge is 0.161 e. The van der Waals surface area contributed by atoms with Gasteiger partial charge in [-0.25, -0.2) is 0 Å². The highest BCUT2D eigenvalue weighted by molar-refractivity contribution is 5.41. The van der Waals surface area contributed by atoms with E-state index < -0.39 is 18.3 Å². The molecule has 200 valence electrons. The van der Waals surface area contributed by atoms with Gasteiger partial charge >= 0.3 is 0 Å². The van der Waals surface area contributed by atoms with Gasteiger partial charge in [-0.2, -0.15) is 0 Å². The minimum atomic E-state index is -0.867. The normalized spacial score (nSPS) is 30.8. The van der Waals surface area contributed by atoms with Crippen LogP contribution in [0.1, 0.15) is 72.6 Å². The van der Waals surface area contributed by atoms with E-state index in [0.717, 1.165) is 54.8 Å². The van der Waals surface area contributed by atoms with Gasteiger partial charge in [0.25, 0.3) is 0 Å². The molecule has 0 radical (unpaired) electrons. The number of hydrogen-bond donors (Lipinski definition) is 2. The number of ether oxygens (including phenoxy) is 2. The Hall–Kier alpha value is -2.22. The highest BCUT2D eigenvalue weighted by atomic mass is 16.5. The summed E-state index contributed by atoms with van der Waals surface area (Å²) >= 11 is 0. The zero-order chi connectivity index (χ0) is 26.4. The van der Waals surface area contributed by atoms with Crippen molar-refractivity contribution in [1.29, 1.82) is 0 Å². The number of rotatable bonds is 11. The Balaban J connectivity index is 1.75. The molecule has 36 heavy (non-hydrogen) atoms. The third-order valence-electron chi connectivity index (χ3n) is 7.68. The van der Waals surface area contributed by atoms with Gasteiger partial charge < -0.3 is 24.6 Å². The summed E-state index contributed by atoms with van der Waals surface area (Å²) in [6.45, 7) is 17.7. The first-order valence-electron chi connectivity index (χ1n) is 13.3. The van der Waals surface area contributed by atoms with E-state index in [0.29, 0.717) is 31.7 Å². The highest BCUT2D eigenvalue weighted by Gasteiger charge is 2.35. The van der Waals surface area contributed by atoms with Crippen LogP contribution in [0.4, 0.5) is 0 Å². The van der Waals surface area contributed by atoms with E-state index in [1.54, 1.807) is 6.92 Å². The van der Waals surface area contributed by atoms with Gasteiger partial charge in [0.05, 0.1) is 24.0 Å². The van der Waals surface area contributed by atoms with Crippen molar-refractivity contribution in [2.75, 3.05) is 13.3 Å². The van der Waals surface area contributed by atoms with Gasteiger partial charge in [0.2, 0.25) is 0 Å². The predicted molar refractivity (Wildman–Crippen MR) is 143 cm³/mol. The molecule has 0 spiro atoms. The molecule has 0 bridgehead atoms. The molecule has 0 saturated carbocycles. The quantitative estimate of drug-likeness (QED) is 0.214. The Morgan fingerprint density at radius 2 is 2.06 bits per heavy atom. The van der Waals surface area contributed by atoms with Crippen molar-refractivity contribution >= 4 is 0 Å². The van der Waals surface area contributed by atoms with Crippen LogP contribution >= 0.6 is 0 Å². The van der Waals surface area contributed by atoms with Crippen molar-refractivity contribution in [2.45, 2.75) is 97.1 Å². The number of aliphatic hydroxyl groups excluding tert-OH is 2. The van der Waals surface area contributed by atoms with Crippen molar-refractivity contribution in [2.24, 2.45) is 17.0 Å². The number of aliphatic hydroxyl groups is 2. The molecule has 1 saturated heterocycles. The van der Waals surface area contributed by atoms with Gasteiger partial charge in [-0.1, -0.05) is 37.3 Å². The first-order chi connectivity index (χ1) is 17.2. The molecule has 7 heteroatoms. The SMILES string of the molecule is C=C(C)[C@@H]1CCC(C)=C[C@H]1C1=C(N=O)CCC=C1OCN(CCC)C(=C)CC1C[C@@H](O)[C@H](O)C(C)O1. The number of hydrogen-bond acceptors (Lipinski definition) is 7. The van der Waals surface area contributed by atoms with Crippen molar-refractivity contribution < 1.29 is 19.7 Å². The third kappa shape index (κ3) is 6.75. The maximum atomic E-state index is 11.9. The van der Waals surface area contributed by atoms with Crippen LogP contribution in [0.2, 0.25) is 0 Å². The van der Waals surface area contributed by atoms with E-state index >= 15 is 0 Å². The molecule has 2 N–H and O–H groups in total. The third-order valence-corrected chi connectivity index (χ3v) is 7.68. The van der Waals surface area contributed by atoms with Gasteiger partial charge in [0, 0.05) is 36.6 Å². The Labute approximate surface area is 216 Å². The van der Waals surface area contributed by atoms with Crippen molar-refractivity contribution in [3.63, 3.8) is 0 Å². The van der Waals surface area contributed by atoms with E-state index in [2.05, 4.69) is 56.2 Å². The molecule has 3 aliphatic rings. The monoisotopic (exact) mass is 500 g/mol. The second-order valence-electron chi connectivity index (χ2n) is 10.7. The summed E-state index contributed by atoms with van der Waals surface area (Å²) < 4.78 is 12.3. The van der Waals surface area contributed by atoms with E-state index in [4.69, 9.17) is 9.47 Å². The molecule has 0 aromatic rings. The fraction of sp³-hybridized carbons (Fsp3) is 0.655. The summed E-state index contributed by atoms with van der Waals surface area (Å²) in [5.74, 6) is 1.01. The van der Waals surface area contributed by atoms with Crippen LogP contribution in [0, 0.1) is 16.7 Å². The summed E-state index contributed by atoms with van der Waals surface area (Å²) in [4.78, 5) is 13.9. The van der Waals surface area contributed by atoms with Crippen LogP contribution in [0.25, 0.3) is 0 Å². The number of nitroso groups, excluding NO2 is 1. The molecular weight excluding hydrogens is 456 g/mol. The average Bonchev–Trinajstić information content (AvgIpc) is 2.84. The minimum Gasteiger partial charge on any atom is -0.473 e. The van der Waals surface area contributed by atoms with E-state index in [1.165, 1.54) is 5.57 Å². The summed E-state index contributed by atoms with van der Waals surface area (Å²) in [6.07, 6.45) is 7.23. The summed E-state index contributed by atoms with van der Waals surface area (Å²) in [6, 6.07) is 0. The van der Waals surface area contributed by atoms with Crippen LogP contribution in [-0.4, -0.2) is 52.8 Å². The molecule has 2 aliphatic carbocycles. The maximum absolute atomic E-state index is 11.9. The molecule has 3 rings (SSSR count). The molecule has 7 nitrogen and oxygen atoms in total. The first-order valence-corrected chi connectivity index (χ1v) is 13.3. The van der Waals surface area contributed by atoms with Crippen LogP contribution in [0.15, 0.2) is 64.4 Å². The second-order valence-corrected chi connectivity index (χ2v) is 10.7. The lowest BCUT2D eigenvalue weighted by Crippen LogP contribution is -2.47.